The predicted molar refractivity (Wildman–Crippen MR) is 90.2 cm³/mol. The molecule has 23 heavy (non-hydrogen) atoms. The van der Waals surface area contributed by atoms with Crippen LogP contribution in [0, 0.1) is 6.92 Å². The van der Waals surface area contributed by atoms with Crippen LogP contribution in [0.3, 0.4) is 0 Å². The van der Waals surface area contributed by atoms with Gasteiger partial charge in [-0.25, -0.2) is 0 Å². The summed E-state index contributed by atoms with van der Waals surface area (Å²) in [6, 6.07) is 16.1. The Balaban J connectivity index is 1.66. The zero-order valence-corrected chi connectivity index (χ0v) is 13.2. The number of benzene rings is 2. The Labute approximate surface area is 135 Å². The summed E-state index contributed by atoms with van der Waals surface area (Å²) in [4.78, 5) is 0. The van der Waals surface area contributed by atoms with Gasteiger partial charge in [-0.2, -0.15) is 0 Å². The second-order valence-corrected chi connectivity index (χ2v) is 5.30. The summed E-state index contributed by atoms with van der Waals surface area (Å²) in [5.74, 6) is 1.94. The standard InChI is InChI=1S/C19H18N2O2/c1-14-3-5-15(6-4-14)9-12-18-20-21-19(23-18)13-16-7-10-17(22-2)11-8-16/h3-12H,13H2,1-2H3. The van der Waals surface area contributed by atoms with Gasteiger partial charge in [-0.05, 0) is 36.3 Å². The fourth-order valence-corrected chi connectivity index (χ4v) is 2.17. The highest BCUT2D eigenvalue weighted by atomic mass is 16.5. The molecule has 1 heterocycles. The third kappa shape index (κ3) is 4.07. The zero-order chi connectivity index (χ0) is 16.1. The van der Waals surface area contributed by atoms with E-state index in [0.717, 1.165) is 16.9 Å². The molecule has 3 aromatic rings. The van der Waals surface area contributed by atoms with Gasteiger partial charge in [0.2, 0.25) is 11.8 Å². The molecule has 3 rings (SSSR count). The first-order valence-corrected chi connectivity index (χ1v) is 7.43. The van der Waals surface area contributed by atoms with Crippen molar-refractivity contribution in [2.45, 2.75) is 13.3 Å². The topological polar surface area (TPSA) is 48.2 Å². The van der Waals surface area contributed by atoms with Crippen molar-refractivity contribution in [3.63, 3.8) is 0 Å². The number of aromatic nitrogens is 2. The van der Waals surface area contributed by atoms with Crippen LogP contribution in [-0.4, -0.2) is 17.3 Å². The molecule has 0 amide bonds. The molecule has 0 saturated carbocycles. The third-order valence-corrected chi connectivity index (χ3v) is 3.49. The normalized spacial score (nSPS) is 11.0. The molecule has 0 spiro atoms. The first-order valence-electron chi connectivity index (χ1n) is 7.43. The lowest BCUT2D eigenvalue weighted by atomic mass is 10.1. The van der Waals surface area contributed by atoms with Crippen LogP contribution in [0.1, 0.15) is 28.5 Å². The van der Waals surface area contributed by atoms with Crippen LogP contribution in [-0.2, 0) is 6.42 Å². The summed E-state index contributed by atoms with van der Waals surface area (Å²) in [5.41, 5.74) is 3.44. The summed E-state index contributed by atoms with van der Waals surface area (Å²) in [7, 11) is 1.65. The molecule has 0 saturated heterocycles. The second-order valence-electron chi connectivity index (χ2n) is 5.30. The molecule has 116 valence electrons. The molecule has 4 nitrogen and oxygen atoms in total. The minimum atomic E-state index is 0.508. The second kappa shape index (κ2) is 6.92. The lowest BCUT2D eigenvalue weighted by Crippen LogP contribution is -1.89. The van der Waals surface area contributed by atoms with Gasteiger partial charge in [-0.3, -0.25) is 0 Å². The third-order valence-electron chi connectivity index (χ3n) is 3.49. The number of methoxy groups -OCH3 is 1. The molecule has 1 aromatic heterocycles. The Morgan fingerprint density at radius 2 is 1.70 bits per heavy atom. The highest BCUT2D eigenvalue weighted by Gasteiger charge is 2.05. The number of aryl methyl sites for hydroxylation is 1. The first kappa shape index (κ1) is 15.0. The molecule has 0 aliphatic heterocycles. The molecule has 0 fully saturated rings. The largest absolute Gasteiger partial charge is 0.497 e. The van der Waals surface area contributed by atoms with Crippen molar-refractivity contribution < 1.29 is 9.15 Å². The highest BCUT2D eigenvalue weighted by molar-refractivity contribution is 5.65. The molecule has 0 bridgehead atoms. The number of hydrogen-bond donors (Lipinski definition) is 0. The number of nitrogens with zero attached hydrogens (tertiary/aromatic N) is 2. The summed E-state index contributed by atoms with van der Waals surface area (Å²) >= 11 is 0. The number of ether oxygens (including phenoxy) is 1. The average molecular weight is 306 g/mol. The van der Waals surface area contributed by atoms with E-state index < -0.39 is 0 Å². The predicted octanol–water partition coefficient (Wildman–Crippen LogP) is 4.15. The van der Waals surface area contributed by atoms with Crippen molar-refractivity contribution in [1.82, 2.24) is 10.2 Å². The Kier molecular flexibility index (Phi) is 4.52. The maximum Gasteiger partial charge on any atom is 0.240 e. The fraction of sp³-hybridized carbons (Fsp3) is 0.158. The summed E-state index contributed by atoms with van der Waals surface area (Å²) in [5, 5.41) is 8.13. The van der Waals surface area contributed by atoms with Gasteiger partial charge in [0.05, 0.1) is 13.5 Å². The van der Waals surface area contributed by atoms with Gasteiger partial charge in [0.25, 0.3) is 0 Å². The Morgan fingerprint density at radius 3 is 2.39 bits per heavy atom. The Hall–Kier alpha value is -2.88. The van der Waals surface area contributed by atoms with Crippen molar-refractivity contribution >= 4 is 12.2 Å². The molecule has 2 aromatic carbocycles. The summed E-state index contributed by atoms with van der Waals surface area (Å²) < 4.78 is 10.8. The molecular formula is C19H18N2O2. The zero-order valence-electron chi connectivity index (χ0n) is 13.2. The van der Waals surface area contributed by atoms with Crippen molar-refractivity contribution in [3.05, 3.63) is 77.0 Å². The average Bonchev–Trinajstić information content (AvgIpc) is 3.02. The van der Waals surface area contributed by atoms with Gasteiger partial charge in [0.15, 0.2) is 0 Å². The minimum Gasteiger partial charge on any atom is -0.497 e. The van der Waals surface area contributed by atoms with E-state index in [2.05, 4.69) is 41.4 Å². The number of hydrogen-bond acceptors (Lipinski definition) is 4. The maximum atomic E-state index is 5.65. The van der Waals surface area contributed by atoms with Crippen molar-refractivity contribution in [3.8, 4) is 5.75 Å². The van der Waals surface area contributed by atoms with Crippen LogP contribution in [0.2, 0.25) is 0 Å². The van der Waals surface area contributed by atoms with Gasteiger partial charge in [-0.15, -0.1) is 10.2 Å². The van der Waals surface area contributed by atoms with E-state index in [-0.39, 0.29) is 0 Å². The van der Waals surface area contributed by atoms with Crippen molar-refractivity contribution in [2.24, 2.45) is 0 Å². The van der Waals surface area contributed by atoms with Crippen LogP contribution in [0.4, 0.5) is 0 Å². The van der Waals surface area contributed by atoms with E-state index in [1.54, 1.807) is 7.11 Å². The SMILES string of the molecule is COc1ccc(Cc2nnc(C=Cc3ccc(C)cc3)o2)cc1. The van der Waals surface area contributed by atoms with E-state index in [4.69, 9.17) is 9.15 Å². The molecule has 0 aliphatic carbocycles. The maximum absolute atomic E-state index is 5.65. The van der Waals surface area contributed by atoms with Crippen molar-refractivity contribution in [1.29, 1.82) is 0 Å². The summed E-state index contributed by atoms with van der Waals surface area (Å²) in [6.45, 7) is 2.07. The van der Waals surface area contributed by atoms with Crippen molar-refractivity contribution in [2.75, 3.05) is 7.11 Å². The van der Waals surface area contributed by atoms with Crippen LogP contribution in [0.5, 0.6) is 5.75 Å². The van der Waals surface area contributed by atoms with E-state index in [1.807, 2.05) is 36.4 Å². The van der Waals surface area contributed by atoms with Gasteiger partial charge in [0.1, 0.15) is 5.75 Å². The Morgan fingerprint density at radius 1 is 0.957 bits per heavy atom. The molecular weight excluding hydrogens is 288 g/mol. The van der Waals surface area contributed by atoms with Crippen LogP contribution >= 0.6 is 0 Å². The van der Waals surface area contributed by atoms with Gasteiger partial charge in [0, 0.05) is 6.08 Å². The van der Waals surface area contributed by atoms with Gasteiger partial charge < -0.3 is 9.15 Å². The molecule has 4 heteroatoms. The fourth-order valence-electron chi connectivity index (χ4n) is 2.17. The lowest BCUT2D eigenvalue weighted by Gasteiger charge is -2.00. The number of rotatable bonds is 5. The molecule has 0 radical (unpaired) electrons. The van der Waals surface area contributed by atoms with E-state index in [1.165, 1.54) is 5.56 Å². The smallest absolute Gasteiger partial charge is 0.240 e. The molecule has 0 atom stereocenters. The Bertz CT molecular complexity index is 787. The summed E-state index contributed by atoms with van der Waals surface area (Å²) in [6.07, 6.45) is 4.40. The monoisotopic (exact) mass is 306 g/mol. The lowest BCUT2D eigenvalue weighted by molar-refractivity contribution is 0.414. The van der Waals surface area contributed by atoms with Crippen LogP contribution in [0.15, 0.2) is 52.9 Å². The van der Waals surface area contributed by atoms with E-state index in [0.29, 0.717) is 18.2 Å². The molecule has 0 unspecified atom stereocenters. The minimum absolute atomic E-state index is 0.508. The van der Waals surface area contributed by atoms with Gasteiger partial charge >= 0.3 is 0 Å². The van der Waals surface area contributed by atoms with E-state index >= 15 is 0 Å². The first-order chi connectivity index (χ1) is 11.2. The van der Waals surface area contributed by atoms with E-state index in [9.17, 15) is 0 Å². The van der Waals surface area contributed by atoms with Gasteiger partial charge in [-0.1, -0.05) is 42.0 Å². The molecule has 0 aliphatic rings. The van der Waals surface area contributed by atoms with Crippen LogP contribution in [0.25, 0.3) is 12.2 Å². The van der Waals surface area contributed by atoms with Crippen LogP contribution < -0.4 is 4.74 Å². The molecule has 0 N–H and O–H groups in total. The highest BCUT2D eigenvalue weighted by Crippen LogP contribution is 2.15. The quantitative estimate of drug-likeness (QED) is 0.710.